The van der Waals surface area contributed by atoms with E-state index in [1.54, 1.807) is 30.3 Å². The number of alkyl carbamates (subject to hydrolysis) is 1. The maximum atomic E-state index is 13.0. The molecule has 0 aromatic heterocycles. The summed E-state index contributed by atoms with van der Waals surface area (Å²) in [6.45, 7) is 0.491. The Hall–Kier alpha value is -3.48. The first kappa shape index (κ1) is 21.2. The molecule has 0 spiro atoms. The van der Waals surface area contributed by atoms with Crippen LogP contribution in [0.1, 0.15) is 36.4 Å². The largest absolute Gasteiger partial charge is 0.445 e. The molecule has 1 heterocycles. The summed E-state index contributed by atoms with van der Waals surface area (Å²) in [6.07, 6.45) is 0.220. The topological polar surface area (TPSA) is 102 Å². The van der Waals surface area contributed by atoms with E-state index in [0.29, 0.717) is 24.9 Å². The number of hydrogen-bond donors (Lipinski definition) is 2. The minimum atomic E-state index is -0.964. The van der Waals surface area contributed by atoms with Gasteiger partial charge in [0, 0.05) is 18.9 Å². The van der Waals surface area contributed by atoms with Crippen LogP contribution in [0.2, 0.25) is 0 Å². The van der Waals surface area contributed by atoms with Crippen LogP contribution in [0.3, 0.4) is 0 Å². The van der Waals surface area contributed by atoms with E-state index < -0.39 is 29.7 Å². The van der Waals surface area contributed by atoms with Gasteiger partial charge in [-0.1, -0.05) is 60.7 Å². The number of rotatable bonds is 7. The molecule has 1 saturated heterocycles. The number of ketones is 2. The highest BCUT2D eigenvalue weighted by Crippen LogP contribution is 2.22. The van der Waals surface area contributed by atoms with Gasteiger partial charge in [0.15, 0.2) is 5.78 Å². The molecule has 2 aromatic rings. The summed E-state index contributed by atoms with van der Waals surface area (Å²) in [7, 11) is 0. The van der Waals surface area contributed by atoms with Gasteiger partial charge in [-0.05, 0) is 24.0 Å². The lowest BCUT2D eigenvalue weighted by atomic mass is 9.89. The van der Waals surface area contributed by atoms with Gasteiger partial charge in [0.2, 0.25) is 5.78 Å². The third kappa shape index (κ3) is 5.76. The minimum Gasteiger partial charge on any atom is -0.445 e. The molecule has 0 aliphatic carbocycles. The quantitative estimate of drug-likeness (QED) is 0.686. The summed E-state index contributed by atoms with van der Waals surface area (Å²) in [5.41, 5.74) is 1.41. The summed E-state index contributed by atoms with van der Waals surface area (Å²) in [6, 6.07) is 17.0. The second-order valence-electron chi connectivity index (χ2n) is 7.18. The van der Waals surface area contributed by atoms with E-state index in [-0.39, 0.29) is 18.8 Å². The van der Waals surface area contributed by atoms with Crippen LogP contribution in [0.15, 0.2) is 60.7 Å². The number of benzene rings is 2. The number of ether oxygens (including phenoxy) is 1. The van der Waals surface area contributed by atoms with Crippen molar-refractivity contribution in [1.29, 1.82) is 0 Å². The van der Waals surface area contributed by atoms with Crippen LogP contribution in [0.25, 0.3) is 0 Å². The van der Waals surface area contributed by atoms with E-state index in [2.05, 4.69) is 10.6 Å². The Labute approximate surface area is 174 Å². The van der Waals surface area contributed by atoms with Crippen molar-refractivity contribution in [3.05, 3.63) is 71.8 Å². The molecule has 1 fully saturated rings. The average Bonchev–Trinajstić information content (AvgIpc) is 2.93. The van der Waals surface area contributed by atoms with Crippen molar-refractivity contribution < 1.29 is 23.9 Å². The zero-order valence-corrected chi connectivity index (χ0v) is 16.5. The maximum Gasteiger partial charge on any atom is 0.408 e. The monoisotopic (exact) mass is 408 g/mol. The lowest BCUT2D eigenvalue weighted by molar-refractivity contribution is -0.140. The Morgan fingerprint density at radius 2 is 1.70 bits per heavy atom. The van der Waals surface area contributed by atoms with E-state index in [4.69, 9.17) is 4.74 Å². The number of hydrogen-bond acceptors (Lipinski definition) is 5. The Morgan fingerprint density at radius 1 is 1.03 bits per heavy atom. The van der Waals surface area contributed by atoms with E-state index in [9.17, 15) is 19.2 Å². The van der Waals surface area contributed by atoms with Gasteiger partial charge < -0.3 is 15.4 Å². The summed E-state index contributed by atoms with van der Waals surface area (Å²) in [5.74, 6) is -2.27. The standard InChI is InChI=1S/C23H24N2O5/c26-19(14-18-12-7-13-24-22(28)21(18)27)20(17-10-5-2-6-11-17)25-23(29)30-15-16-8-3-1-4-9-16/h1-6,8-11,18,20H,7,12-15H2,(H,24,28)(H,25,29). The van der Waals surface area contributed by atoms with Crippen molar-refractivity contribution in [2.75, 3.05) is 6.54 Å². The van der Waals surface area contributed by atoms with Crippen LogP contribution in [0.4, 0.5) is 4.79 Å². The Balaban J connectivity index is 1.69. The molecule has 0 saturated carbocycles. The van der Waals surface area contributed by atoms with Gasteiger partial charge in [0.05, 0.1) is 0 Å². The maximum absolute atomic E-state index is 13.0. The zero-order chi connectivity index (χ0) is 21.3. The number of nitrogens with one attached hydrogen (secondary N) is 2. The molecular formula is C23H24N2O5. The Morgan fingerprint density at radius 3 is 2.40 bits per heavy atom. The van der Waals surface area contributed by atoms with E-state index in [1.807, 2.05) is 30.3 Å². The SMILES string of the molecule is O=C(NC(C(=O)CC1CCCNC(=O)C1=O)c1ccccc1)OCc1ccccc1. The van der Waals surface area contributed by atoms with E-state index in [0.717, 1.165) is 5.56 Å². The molecule has 2 unspecified atom stereocenters. The summed E-state index contributed by atoms with van der Waals surface area (Å²) < 4.78 is 5.25. The highest BCUT2D eigenvalue weighted by atomic mass is 16.5. The molecule has 2 atom stereocenters. The molecule has 3 rings (SSSR count). The van der Waals surface area contributed by atoms with Crippen LogP contribution >= 0.6 is 0 Å². The molecule has 156 valence electrons. The van der Waals surface area contributed by atoms with Crippen LogP contribution in [-0.2, 0) is 25.7 Å². The molecule has 1 aliphatic rings. The third-order valence-corrected chi connectivity index (χ3v) is 4.99. The number of carbonyl (C=O) groups is 4. The molecule has 7 heteroatoms. The Bertz CT molecular complexity index is 898. The van der Waals surface area contributed by atoms with Crippen LogP contribution < -0.4 is 10.6 Å². The average molecular weight is 408 g/mol. The molecule has 2 amide bonds. The second kappa shape index (κ2) is 10.3. The molecule has 0 radical (unpaired) electrons. The Kier molecular flexibility index (Phi) is 7.32. The lowest BCUT2D eigenvalue weighted by Crippen LogP contribution is -2.37. The fourth-order valence-corrected chi connectivity index (χ4v) is 3.39. The van der Waals surface area contributed by atoms with Gasteiger partial charge >= 0.3 is 6.09 Å². The van der Waals surface area contributed by atoms with Crippen LogP contribution in [-0.4, -0.2) is 30.1 Å². The predicted molar refractivity (Wildman–Crippen MR) is 109 cm³/mol. The first-order valence-corrected chi connectivity index (χ1v) is 9.91. The van der Waals surface area contributed by atoms with Crippen molar-refractivity contribution in [3.63, 3.8) is 0 Å². The third-order valence-electron chi connectivity index (χ3n) is 4.99. The molecule has 1 aliphatic heterocycles. The van der Waals surface area contributed by atoms with Gasteiger partial charge in [-0.2, -0.15) is 0 Å². The molecular weight excluding hydrogens is 384 g/mol. The first-order valence-electron chi connectivity index (χ1n) is 9.91. The van der Waals surface area contributed by atoms with E-state index in [1.165, 1.54) is 0 Å². The van der Waals surface area contributed by atoms with Gasteiger partial charge in [0.1, 0.15) is 12.6 Å². The van der Waals surface area contributed by atoms with Crippen LogP contribution in [0, 0.1) is 5.92 Å². The van der Waals surface area contributed by atoms with Gasteiger partial charge in [-0.25, -0.2) is 4.79 Å². The van der Waals surface area contributed by atoms with Crippen molar-refractivity contribution in [3.8, 4) is 0 Å². The number of amides is 2. The summed E-state index contributed by atoms with van der Waals surface area (Å²) in [5, 5.41) is 5.15. The molecule has 2 N–H and O–H groups in total. The lowest BCUT2D eigenvalue weighted by Gasteiger charge is -2.20. The summed E-state index contributed by atoms with van der Waals surface area (Å²) >= 11 is 0. The smallest absolute Gasteiger partial charge is 0.408 e. The fourth-order valence-electron chi connectivity index (χ4n) is 3.39. The van der Waals surface area contributed by atoms with E-state index >= 15 is 0 Å². The van der Waals surface area contributed by atoms with Crippen LogP contribution in [0.5, 0.6) is 0 Å². The van der Waals surface area contributed by atoms with Gasteiger partial charge in [0.25, 0.3) is 5.91 Å². The van der Waals surface area contributed by atoms with Gasteiger partial charge in [-0.3, -0.25) is 14.4 Å². The van der Waals surface area contributed by atoms with Crippen molar-refractivity contribution in [2.45, 2.75) is 31.9 Å². The van der Waals surface area contributed by atoms with Gasteiger partial charge in [-0.15, -0.1) is 0 Å². The first-order chi connectivity index (χ1) is 14.5. The minimum absolute atomic E-state index is 0.0731. The molecule has 7 nitrogen and oxygen atoms in total. The highest BCUT2D eigenvalue weighted by Gasteiger charge is 2.32. The predicted octanol–water partition coefficient (Wildman–Crippen LogP) is 2.71. The number of Topliss-reactive ketones (excluding diaryl/α,β-unsaturated/α-hetero) is 2. The normalized spacial score (nSPS) is 17.4. The fraction of sp³-hybridized carbons (Fsp3) is 0.304. The second-order valence-corrected chi connectivity index (χ2v) is 7.18. The summed E-state index contributed by atoms with van der Waals surface area (Å²) in [4.78, 5) is 49.4. The molecule has 30 heavy (non-hydrogen) atoms. The zero-order valence-electron chi connectivity index (χ0n) is 16.5. The molecule has 0 bridgehead atoms. The van der Waals surface area contributed by atoms with Crippen molar-refractivity contribution >= 4 is 23.6 Å². The number of carbonyl (C=O) groups excluding carboxylic acids is 4. The highest BCUT2D eigenvalue weighted by molar-refractivity contribution is 6.37. The molecule has 2 aromatic carbocycles. The van der Waals surface area contributed by atoms with Crippen molar-refractivity contribution in [2.24, 2.45) is 5.92 Å². The van der Waals surface area contributed by atoms with Crippen molar-refractivity contribution in [1.82, 2.24) is 10.6 Å².